The quantitative estimate of drug-likeness (QED) is 0.749. The van der Waals surface area contributed by atoms with Crippen molar-refractivity contribution in [2.45, 2.75) is 36.6 Å². The Labute approximate surface area is 180 Å². The number of nitrogens with zero attached hydrogens (tertiary/aromatic N) is 3. The number of furan rings is 1. The highest BCUT2D eigenvalue weighted by molar-refractivity contribution is 7.89. The number of hydrogen-bond donors (Lipinski definition) is 1. The van der Waals surface area contributed by atoms with Crippen molar-refractivity contribution in [2.75, 3.05) is 39.4 Å². The molecule has 2 aromatic heterocycles. The second-order valence-corrected chi connectivity index (χ2v) is 10.1. The van der Waals surface area contributed by atoms with Crippen LogP contribution in [0.5, 0.6) is 0 Å². The van der Waals surface area contributed by atoms with E-state index in [0.717, 1.165) is 0 Å². The summed E-state index contributed by atoms with van der Waals surface area (Å²) in [6.45, 7) is 2.85. The average Bonchev–Trinajstić information content (AvgIpc) is 3.55. The monoisotopic (exact) mass is 450 g/mol. The van der Waals surface area contributed by atoms with Gasteiger partial charge in [-0.15, -0.1) is 0 Å². The summed E-state index contributed by atoms with van der Waals surface area (Å²) < 4.78 is 44.7. The zero-order valence-corrected chi connectivity index (χ0v) is 18.0. The highest BCUT2D eigenvalue weighted by Gasteiger charge is 2.43. The Balaban J connectivity index is 1.25. The van der Waals surface area contributed by atoms with Crippen LogP contribution in [0.3, 0.4) is 0 Å². The number of aromatic amines is 1. The fourth-order valence-electron chi connectivity index (χ4n) is 4.60. The molecule has 1 amide bonds. The van der Waals surface area contributed by atoms with E-state index >= 15 is 0 Å². The lowest BCUT2D eigenvalue weighted by Crippen LogP contribution is -2.51. The number of sulfonamides is 1. The average molecular weight is 451 g/mol. The third-order valence-electron chi connectivity index (χ3n) is 6.33. The summed E-state index contributed by atoms with van der Waals surface area (Å²) in [5.41, 5.74) is 0.603. The molecule has 10 nitrogen and oxygen atoms in total. The number of hydrogen-bond acceptors (Lipinski definition) is 7. The number of nitrogens with one attached hydrogen (secondary N) is 1. The van der Waals surface area contributed by atoms with Crippen LogP contribution in [-0.2, 0) is 24.3 Å². The fourth-order valence-corrected chi connectivity index (χ4v) is 6.03. The molecule has 5 rings (SSSR count). The summed E-state index contributed by atoms with van der Waals surface area (Å²) in [4.78, 5) is 14.9. The van der Waals surface area contributed by atoms with Gasteiger partial charge in [0.15, 0.2) is 11.5 Å². The van der Waals surface area contributed by atoms with Crippen LogP contribution < -0.4 is 0 Å². The lowest BCUT2D eigenvalue weighted by molar-refractivity contribution is -0.188. The van der Waals surface area contributed by atoms with Crippen LogP contribution >= 0.6 is 0 Å². The van der Waals surface area contributed by atoms with Gasteiger partial charge in [-0.05, 0) is 31.0 Å². The van der Waals surface area contributed by atoms with Gasteiger partial charge in [0.2, 0.25) is 11.0 Å². The minimum absolute atomic E-state index is 0.00495. The van der Waals surface area contributed by atoms with E-state index in [1.165, 1.54) is 10.4 Å². The third-order valence-corrected chi connectivity index (χ3v) is 8.06. The van der Waals surface area contributed by atoms with Crippen molar-refractivity contribution >= 4 is 15.9 Å². The molecule has 3 aliphatic rings. The predicted octanol–water partition coefficient (Wildman–Crippen LogP) is 1.44. The normalized spacial score (nSPS) is 24.6. The number of H-pyrrole nitrogens is 1. The van der Waals surface area contributed by atoms with Gasteiger partial charge in [0.25, 0.3) is 10.0 Å². The lowest BCUT2D eigenvalue weighted by atomic mass is 9.96. The van der Waals surface area contributed by atoms with Gasteiger partial charge < -0.3 is 18.8 Å². The van der Waals surface area contributed by atoms with Crippen molar-refractivity contribution in [1.29, 1.82) is 0 Å². The summed E-state index contributed by atoms with van der Waals surface area (Å²) in [6, 6.07) is 4.75. The SMILES string of the molecule is O=C([C@H]1CCCN(S(=O)(=O)c2ccc(-c3ccn[nH]3)o2)C1)N1CCC2(CC1)OCCO2. The molecule has 1 N–H and O–H groups in total. The van der Waals surface area contributed by atoms with E-state index in [1.807, 2.05) is 4.90 Å². The Morgan fingerprint density at radius 3 is 2.61 bits per heavy atom. The van der Waals surface area contributed by atoms with Crippen LogP contribution in [0, 0.1) is 5.92 Å². The first-order chi connectivity index (χ1) is 15.0. The summed E-state index contributed by atoms with van der Waals surface area (Å²) in [5, 5.41) is 6.48. The van der Waals surface area contributed by atoms with Crippen molar-refractivity contribution < 1.29 is 27.1 Å². The lowest BCUT2D eigenvalue weighted by Gasteiger charge is -2.40. The molecular formula is C20H26N4O6S. The topological polar surface area (TPSA) is 118 Å². The molecule has 3 fully saturated rings. The van der Waals surface area contributed by atoms with Crippen molar-refractivity contribution in [3.63, 3.8) is 0 Å². The molecule has 0 bridgehead atoms. The maximum Gasteiger partial charge on any atom is 0.276 e. The Bertz CT molecular complexity index is 1020. The van der Waals surface area contributed by atoms with E-state index in [2.05, 4.69) is 10.2 Å². The molecule has 168 valence electrons. The zero-order chi connectivity index (χ0) is 21.5. The van der Waals surface area contributed by atoms with Gasteiger partial charge in [-0.2, -0.15) is 9.40 Å². The van der Waals surface area contributed by atoms with E-state index in [9.17, 15) is 13.2 Å². The number of ether oxygens (including phenoxy) is 2. The van der Waals surface area contributed by atoms with E-state index in [1.54, 1.807) is 18.3 Å². The van der Waals surface area contributed by atoms with Crippen LogP contribution in [-0.4, -0.2) is 78.9 Å². The fraction of sp³-hybridized carbons (Fsp3) is 0.600. The number of rotatable bonds is 4. The summed E-state index contributed by atoms with van der Waals surface area (Å²) in [5.74, 6) is -0.487. The maximum absolute atomic E-state index is 13.1. The summed E-state index contributed by atoms with van der Waals surface area (Å²) in [7, 11) is -3.83. The number of likely N-dealkylation sites (tertiary alicyclic amines) is 1. The Hall–Kier alpha value is -2.21. The number of carbonyl (C=O) groups excluding carboxylic acids is 1. The molecule has 0 unspecified atom stereocenters. The van der Waals surface area contributed by atoms with Gasteiger partial charge in [-0.3, -0.25) is 9.89 Å². The van der Waals surface area contributed by atoms with E-state index in [-0.39, 0.29) is 23.5 Å². The zero-order valence-electron chi connectivity index (χ0n) is 17.2. The molecule has 3 saturated heterocycles. The summed E-state index contributed by atoms with van der Waals surface area (Å²) >= 11 is 0. The molecule has 1 atom stereocenters. The molecule has 0 aromatic carbocycles. The number of carbonyl (C=O) groups is 1. The van der Waals surface area contributed by atoms with Gasteiger partial charge in [0.05, 0.1) is 19.1 Å². The standard InChI is InChI=1S/C20H26N4O6S/c25-19(23-10-6-20(7-11-23)28-12-13-29-20)15-2-1-9-24(14-15)31(26,27)18-4-3-17(30-18)16-5-8-21-22-16/h3-5,8,15H,1-2,6-7,9-14H2,(H,21,22)/t15-/m0/s1. The van der Waals surface area contributed by atoms with Gasteiger partial charge in [-0.1, -0.05) is 0 Å². The van der Waals surface area contributed by atoms with E-state index in [0.29, 0.717) is 70.0 Å². The van der Waals surface area contributed by atoms with Crippen LogP contribution in [0.25, 0.3) is 11.5 Å². The minimum atomic E-state index is -3.83. The van der Waals surface area contributed by atoms with E-state index < -0.39 is 15.8 Å². The van der Waals surface area contributed by atoms with Crippen molar-refractivity contribution in [3.05, 3.63) is 24.4 Å². The second kappa shape index (κ2) is 8.05. The highest BCUT2D eigenvalue weighted by Crippen LogP contribution is 2.33. The molecule has 0 saturated carbocycles. The largest absolute Gasteiger partial charge is 0.442 e. The highest BCUT2D eigenvalue weighted by atomic mass is 32.2. The van der Waals surface area contributed by atoms with E-state index in [4.69, 9.17) is 13.9 Å². The molecule has 2 aromatic rings. The van der Waals surface area contributed by atoms with Crippen LogP contribution in [0.15, 0.2) is 33.9 Å². The summed E-state index contributed by atoms with van der Waals surface area (Å²) in [6.07, 6.45) is 4.18. The van der Waals surface area contributed by atoms with Crippen molar-refractivity contribution in [2.24, 2.45) is 5.92 Å². The molecule has 1 spiro atoms. The Morgan fingerprint density at radius 2 is 1.90 bits per heavy atom. The molecule has 3 aliphatic heterocycles. The first-order valence-corrected chi connectivity index (χ1v) is 12.1. The first kappa shape index (κ1) is 20.7. The Morgan fingerprint density at radius 1 is 1.13 bits per heavy atom. The molecule has 0 radical (unpaired) electrons. The van der Waals surface area contributed by atoms with Crippen LogP contribution in [0.1, 0.15) is 25.7 Å². The second-order valence-electron chi connectivity index (χ2n) is 8.22. The molecule has 11 heteroatoms. The molecule has 5 heterocycles. The van der Waals surface area contributed by atoms with Gasteiger partial charge >= 0.3 is 0 Å². The molecular weight excluding hydrogens is 424 g/mol. The number of amides is 1. The van der Waals surface area contributed by atoms with Crippen LogP contribution in [0.4, 0.5) is 0 Å². The number of aromatic nitrogens is 2. The minimum Gasteiger partial charge on any atom is -0.442 e. The molecule has 31 heavy (non-hydrogen) atoms. The number of piperidine rings is 2. The van der Waals surface area contributed by atoms with Gasteiger partial charge in [0.1, 0.15) is 5.69 Å². The third kappa shape index (κ3) is 3.91. The Kier molecular flexibility index (Phi) is 5.37. The van der Waals surface area contributed by atoms with Gasteiger partial charge in [-0.25, -0.2) is 8.42 Å². The first-order valence-electron chi connectivity index (χ1n) is 10.6. The van der Waals surface area contributed by atoms with Gasteiger partial charge in [0, 0.05) is 45.2 Å². The smallest absolute Gasteiger partial charge is 0.276 e. The van der Waals surface area contributed by atoms with Crippen molar-refractivity contribution in [3.8, 4) is 11.5 Å². The maximum atomic E-state index is 13.1. The predicted molar refractivity (Wildman–Crippen MR) is 108 cm³/mol. The molecule has 0 aliphatic carbocycles. The van der Waals surface area contributed by atoms with Crippen molar-refractivity contribution in [1.82, 2.24) is 19.4 Å². The van der Waals surface area contributed by atoms with Crippen LogP contribution in [0.2, 0.25) is 0 Å².